The summed E-state index contributed by atoms with van der Waals surface area (Å²) in [6.45, 7) is 6.27. The molecule has 0 amide bonds. The van der Waals surface area contributed by atoms with Crippen molar-refractivity contribution in [1.82, 2.24) is 10.7 Å². The Kier molecular flexibility index (Phi) is 4.76. The van der Waals surface area contributed by atoms with Crippen molar-refractivity contribution in [2.75, 3.05) is 5.01 Å². The molecule has 0 saturated carbocycles. The quantitative estimate of drug-likeness (QED) is 0.727. The van der Waals surface area contributed by atoms with Gasteiger partial charge in [-0.1, -0.05) is 42.3 Å². The number of anilines is 1. The largest absolute Gasteiger partial charge is 0.338 e. The first-order chi connectivity index (χ1) is 11.4. The van der Waals surface area contributed by atoms with Crippen LogP contribution in [0.2, 0.25) is 10.0 Å². The molecule has 2 aromatic carbocycles. The molecule has 6 heteroatoms. The van der Waals surface area contributed by atoms with Gasteiger partial charge >= 0.3 is 0 Å². The van der Waals surface area contributed by atoms with E-state index in [0.717, 1.165) is 17.7 Å². The predicted octanol–water partition coefficient (Wildman–Crippen LogP) is 5.07. The van der Waals surface area contributed by atoms with Gasteiger partial charge in [0.1, 0.15) is 5.66 Å². The smallest absolute Gasteiger partial charge is 0.190 e. The second-order valence-electron chi connectivity index (χ2n) is 6.03. The van der Waals surface area contributed by atoms with Crippen molar-refractivity contribution < 1.29 is 0 Å². The number of hydrazine groups is 1. The zero-order valence-electron chi connectivity index (χ0n) is 13.8. The van der Waals surface area contributed by atoms with Gasteiger partial charge in [-0.05, 0) is 67.9 Å². The van der Waals surface area contributed by atoms with Crippen molar-refractivity contribution in [2.45, 2.75) is 32.9 Å². The van der Waals surface area contributed by atoms with Gasteiger partial charge in [0.25, 0.3) is 0 Å². The lowest BCUT2D eigenvalue weighted by Gasteiger charge is -2.30. The number of nitrogens with zero attached hydrogens (tertiary/aromatic N) is 1. The number of nitrogens with one attached hydrogen (secondary N) is 2. The van der Waals surface area contributed by atoms with E-state index >= 15 is 0 Å². The molecule has 1 saturated heterocycles. The Morgan fingerprint density at radius 1 is 1.08 bits per heavy atom. The van der Waals surface area contributed by atoms with E-state index in [9.17, 15) is 0 Å². The summed E-state index contributed by atoms with van der Waals surface area (Å²) in [6.07, 6.45) is 0.760. The molecule has 0 aliphatic carbocycles. The van der Waals surface area contributed by atoms with Crippen LogP contribution in [0.5, 0.6) is 0 Å². The molecule has 0 spiro atoms. The molecule has 3 nitrogen and oxygen atoms in total. The fourth-order valence-corrected chi connectivity index (χ4v) is 3.77. The second-order valence-corrected chi connectivity index (χ2v) is 7.26. The highest BCUT2D eigenvalue weighted by molar-refractivity contribution is 7.80. The fraction of sp³-hybridized carbons (Fsp3) is 0.278. The lowest BCUT2D eigenvalue weighted by atomic mass is 9.97. The van der Waals surface area contributed by atoms with Crippen LogP contribution in [-0.4, -0.2) is 5.11 Å². The van der Waals surface area contributed by atoms with E-state index in [0.29, 0.717) is 15.2 Å². The number of thiocarbonyl (C=S) groups is 1. The van der Waals surface area contributed by atoms with Crippen molar-refractivity contribution >= 4 is 46.2 Å². The van der Waals surface area contributed by atoms with Crippen LogP contribution in [0.25, 0.3) is 0 Å². The normalized spacial score (nSPS) is 20.4. The Balaban J connectivity index is 2.00. The van der Waals surface area contributed by atoms with Gasteiger partial charge in [0.05, 0.1) is 5.69 Å². The molecule has 1 aliphatic heterocycles. The predicted molar refractivity (Wildman–Crippen MR) is 106 cm³/mol. The molecule has 24 heavy (non-hydrogen) atoms. The van der Waals surface area contributed by atoms with E-state index in [1.165, 1.54) is 11.1 Å². The summed E-state index contributed by atoms with van der Waals surface area (Å²) in [6, 6.07) is 11.8. The minimum Gasteiger partial charge on any atom is -0.338 e. The van der Waals surface area contributed by atoms with Crippen LogP contribution in [-0.2, 0) is 5.66 Å². The minimum absolute atomic E-state index is 0.558. The van der Waals surface area contributed by atoms with Gasteiger partial charge in [0, 0.05) is 15.6 Å². The van der Waals surface area contributed by atoms with Gasteiger partial charge in [-0.3, -0.25) is 0 Å². The minimum atomic E-state index is -0.558. The maximum absolute atomic E-state index is 6.44. The monoisotopic (exact) mass is 379 g/mol. The maximum Gasteiger partial charge on any atom is 0.190 e. The number of benzene rings is 2. The number of hydrogen-bond acceptors (Lipinski definition) is 2. The molecule has 2 aromatic rings. The van der Waals surface area contributed by atoms with Crippen molar-refractivity contribution in [3.05, 3.63) is 63.1 Å². The van der Waals surface area contributed by atoms with Crippen LogP contribution in [0.1, 0.15) is 30.0 Å². The van der Waals surface area contributed by atoms with Crippen molar-refractivity contribution in [3.63, 3.8) is 0 Å². The first-order valence-electron chi connectivity index (χ1n) is 7.79. The molecule has 1 aliphatic rings. The van der Waals surface area contributed by atoms with E-state index < -0.39 is 5.66 Å². The first-order valence-corrected chi connectivity index (χ1v) is 8.95. The Labute approximate surface area is 157 Å². The molecule has 1 fully saturated rings. The van der Waals surface area contributed by atoms with E-state index in [2.05, 4.69) is 49.7 Å². The summed E-state index contributed by atoms with van der Waals surface area (Å²) < 4.78 is 0. The second kappa shape index (κ2) is 6.52. The van der Waals surface area contributed by atoms with Gasteiger partial charge in [0.15, 0.2) is 5.11 Å². The molecule has 1 heterocycles. The maximum atomic E-state index is 6.44. The van der Waals surface area contributed by atoms with Crippen LogP contribution in [0.3, 0.4) is 0 Å². The highest BCUT2D eigenvalue weighted by Crippen LogP contribution is 2.35. The highest BCUT2D eigenvalue weighted by atomic mass is 35.5. The number of halogens is 2. The molecule has 3 rings (SSSR count). The zero-order chi connectivity index (χ0) is 17.5. The average molecular weight is 380 g/mol. The van der Waals surface area contributed by atoms with Crippen LogP contribution in [0.15, 0.2) is 36.4 Å². The molecular formula is C18H19Cl2N3S. The van der Waals surface area contributed by atoms with Gasteiger partial charge < -0.3 is 5.32 Å². The summed E-state index contributed by atoms with van der Waals surface area (Å²) >= 11 is 18.0. The molecular weight excluding hydrogens is 361 g/mol. The summed E-state index contributed by atoms with van der Waals surface area (Å²) in [4.78, 5) is 0. The van der Waals surface area contributed by atoms with E-state index in [-0.39, 0.29) is 0 Å². The van der Waals surface area contributed by atoms with Gasteiger partial charge in [-0.25, -0.2) is 5.01 Å². The van der Waals surface area contributed by atoms with Crippen molar-refractivity contribution in [2.24, 2.45) is 0 Å². The third-order valence-electron chi connectivity index (χ3n) is 4.50. The highest BCUT2D eigenvalue weighted by Gasteiger charge is 2.42. The Morgan fingerprint density at radius 3 is 2.46 bits per heavy atom. The molecule has 0 bridgehead atoms. The topological polar surface area (TPSA) is 27.3 Å². The first kappa shape index (κ1) is 17.5. The summed E-state index contributed by atoms with van der Waals surface area (Å²) in [7, 11) is 0. The molecule has 126 valence electrons. The third-order valence-corrected chi connectivity index (χ3v) is 5.33. The zero-order valence-corrected chi connectivity index (χ0v) is 16.1. The van der Waals surface area contributed by atoms with Crippen LogP contribution in [0.4, 0.5) is 5.69 Å². The van der Waals surface area contributed by atoms with Crippen LogP contribution < -0.4 is 15.8 Å². The average Bonchev–Trinajstić information content (AvgIpc) is 2.88. The van der Waals surface area contributed by atoms with Gasteiger partial charge in [0.2, 0.25) is 0 Å². The van der Waals surface area contributed by atoms with Gasteiger partial charge in [-0.2, -0.15) is 5.43 Å². The molecule has 1 atom stereocenters. The molecule has 0 aromatic heterocycles. The summed E-state index contributed by atoms with van der Waals surface area (Å²) in [5.41, 5.74) is 7.32. The number of rotatable bonds is 3. The SMILES string of the molecule is CC[C@@]1(c2ccc(Cl)cc2Cl)NC(=S)N(c2ccc(C)c(C)c2)N1. The van der Waals surface area contributed by atoms with Crippen molar-refractivity contribution in [1.29, 1.82) is 0 Å². The van der Waals surface area contributed by atoms with Crippen LogP contribution >= 0.6 is 35.4 Å². The van der Waals surface area contributed by atoms with Crippen molar-refractivity contribution in [3.8, 4) is 0 Å². The Hall–Kier alpha value is -1.33. The summed E-state index contributed by atoms with van der Waals surface area (Å²) in [5.74, 6) is 0. The van der Waals surface area contributed by atoms with E-state index in [1.54, 1.807) is 6.07 Å². The fourth-order valence-electron chi connectivity index (χ4n) is 2.88. The molecule has 0 unspecified atom stereocenters. The van der Waals surface area contributed by atoms with Gasteiger partial charge in [-0.15, -0.1) is 0 Å². The third kappa shape index (κ3) is 3.00. The number of aryl methyl sites for hydroxylation is 2. The Morgan fingerprint density at radius 2 is 1.83 bits per heavy atom. The van der Waals surface area contributed by atoms with E-state index in [1.807, 2.05) is 17.1 Å². The summed E-state index contributed by atoms with van der Waals surface area (Å²) in [5, 5.41) is 7.13. The van der Waals surface area contributed by atoms with E-state index in [4.69, 9.17) is 35.4 Å². The lowest BCUT2D eigenvalue weighted by Crippen LogP contribution is -2.48. The molecule has 2 N–H and O–H groups in total. The molecule has 0 radical (unpaired) electrons. The van der Waals surface area contributed by atoms with Crippen LogP contribution in [0, 0.1) is 13.8 Å². The number of hydrogen-bond donors (Lipinski definition) is 2. The Bertz CT molecular complexity index is 809. The lowest BCUT2D eigenvalue weighted by molar-refractivity contribution is 0.337. The standard InChI is InChI=1S/C18H19Cl2N3S/c1-4-18(15-8-6-13(19)10-16(15)20)21-17(24)23(22-18)14-7-5-11(2)12(3)9-14/h5-10,22H,4H2,1-3H3,(H,21,24)/t18-/m1/s1.